The SMILES string of the molecule is O=C(NC(Cc1ccc(-c2c(Cl)cc(F)cc2Cl)c2c1OCCC2)C(=O)O)c1c(F)cccc1F. The lowest BCUT2D eigenvalue weighted by atomic mass is 9.90. The minimum Gasteiger partial charge on any atom is -0.493 e. The molecule has 1 unspecified atom stereocenters. The van der Waals surface area contributed by atoms with Gasteiger partial charge in [-0.2, -0.15) is 0 Å². The molecule has 10 heteroatoms. The van der Waals surface area contributed by atoms with E-state index in [0.29, 0.717) is 47.5 Å². The first-order valence-corrected chi connectivity index (χ1v) is 11.3. The molecule has 1 amide bonds. The van der Waals surface area contributed by atoms with Crippen LogP contribution in [0.25, 0.3) is 11.1 Å². The molecule has 0 radical (unpaired) electrons. The Labute approximate surface area is 208 Å². The molecular formula is C25H18Cl2F3NO4. The third-order valence-electron chi connectivity index (χ3n) is 5.65. The second-order valence-corrected chi connectivity index (χ2v) is 8.76. The number of hydrogen-bond donors (Lipinski definition) is 2. The van der Waals surface area contributed by atoms with Crippen LogP contribution in [0.1, 0.15) is 27.9 Å². The lowest BCUT2D eigenvalue weighted by Gasteiger charge is -2.25. The molecule has 0 aromatic heterocycles. The van der Waals surface area contributed by atoms with Crippen LogP contribution in [0, 0.1) is 17.5 Å². The number of carbonyl (C=O) groups excluding carboxylic acids is 1. The highest BCUT2D eigenvalue weighted by molar-refractivity contribution is 6.39. The topological polar surface area (TPSA) is 75.6 Å². The Morgan fingerprint density at radius 2 is 1.71 bits per heavy atom. The maximum atomic E-state index is 14.0. The second-order valence-electron chi connectivity index (χ2n) is 7.94. The van der Waals surface area contributed by atoms with Gasteiger partial charge in [0, 0.05) is 17.5 Å². The number of hydrogen-bond acceptors (Lipinski definition) is 3. The van der Waals surface area contributed by atoms with Gasteiger partial charge in [0.1, 0.15) is 34.8 Å². The zero-order valence-electron chi connectivity index (χ0n) is 18.0. The largest absolute Gasteiger partial charge is 0.493 e. The number of carboxylic acid groups (broad SMARTS) is 1. The molecule has 0 aliphatic carbocycles. The summed E-state index contributed by atoms with van der Waals surface area (Å²) in [7, 11) is 0. The number of carboxylic acids is 1. The Balaban J connectivity index is 1.69. The van der Waals surface area contributed by atoms with Crippen LogP contribution < -0.4 is 10.1 Å². The quantitative estimate of drug-likeness (QED) is 0.426. The van der Waals surface area contributed by atoms with E-state index in [-0.39, 0.29) is 16.5 Å². The summed E-state index contributed by atoms with van der Waals surface area (Å²) in [6, 6.07) is 6.97. The number of fused-ring (bicyclic) bond motifs is 1. The average molecular weight is 524 g/mol. The number of ether oxygens (including phenoxy) is 1. The third kappa shape index (κ3) is 5.09. The van der Waals surface area contributed by atoms with Gasteiger partial charge in [0.05, 0.1) is 16.7 Å². The van der Waals surface area contributed by atoms with Crippen LogP contribution in [0.5, 0.6) is 5.75 Å². The predicted molar refractivity (Wildman–Crippen MR) is 125 cm³/mol. The van der Waals surface area contributed by atoms with Crippen LogP contribution in [0.15, 0.2) is 42.5 Å². The van der Waals surface area contributed by atoms with Crippen LogP contribution in [0.4, 0.5) is 13.2 Å². The fourth-order valence-corrected chi connectivity index (χ4v) is 4.75. The summed E-state index contributed by atoms with van der Waals surface area (Å²) in [6.45, 7) is 0.374. The molecule has 3 aromatic rings. The second kappa shape index (κ2) is 10.2. The molecule has 4 rings (SSSR count). The zero-order chi connectivity index (χ0) is 25.3. The summed E-state index contributed by atoms with van der Waals surface area (Å²) >= 11 is 12.5. The zero-order valence-corrected chi connectivity index (χ0v) is 19.5. The van der Waals surface area contributed by atoms with Crippen molar-refractivity contribution in [3.63, 3.8) is 0 Å². The van der Waals surface area contributed by atoms with Crippen molar-refractivity contribution in [2.24, 2.45) is 0 Å². The molecule has 1 heterocycles. The molecular weight excluding hydrogens is 506 g/mol. The van der Waals surface area contributed by atoms with Crippen molar-refractivity contribution in [2.45, 2.75) is 25.3 Å². The highest BCUT2D eigenvalue weighted by atomic mass is 35.5. The molecule has 35 heavy (non-hydrogen) atoms. The van der Waals surface area contributed by atoms with E-state index < -0.39 is 40.9 Å². The van der Waals surface area contributed by atoms with Crippen molar-refractivity contribution in [1.29, 1.82) is 0 Å². The summed E-state index contributed by atoms with van der Waals surface area (Å²) < 4.78 is 47.5. The number of amides is 1. The van der Waals surface area contributed by atoms with Gasteiger partial charge in [-0.1, -0.05) is 41.4 Å². The smallest absolute Gasteiger partial charge is 0.326 e. The summed E-state index contributed by atoms with van der Waals surface area (Å²) in [5.41, 5.74) is 1.33. The van der Waals surface area contributed by atoms with Crippen LogP contribution in [-0.2, 0) is 17.6 Å². The number of benzene rings is 3. The van der Waals surface area contributed by atoms with Crippen molar-refractivity contribution in [2.75, 3.05) is 6.61 Å². The highest BCUT2D eigenvalue weighted by Crippen LogP contribution is 2.43. The van der Waals surface area contributed by atoms with Gasteiger partial charge < -0.3 is 15.2 Å². The molecule has 0 bridgehead atoms. The van der Waals surface area contributed by atoms with E-state index in [4.69, 9.17) is 27.9 Å². The molecule has 0 fully saturated rings. The Morgan fingerprint density at radius 1 is 1.06 bits per heavy atom. The van der Waals surface area contributed by atoms with E-state index in [1.165, 1.54) is 0 Å². The molecule has 1 aliphatic rings. The molecule has 1 atom stereocenters. The number of carbonyl (C=O) groups is 2. The standard InChI is InChI=1S/C25H18Cl2F3NO4/c26-16-10-13(28)11-17(27)21(16)14-7-6-12(23-15(14)3-2-8-35-23)9-20(25(33)34)31-24(32)22-18(29)4-1-5-19(22)30/h1,4-7,10-11,20H,2-3,8-9H2,(H,31,32)(H,33,34). The maximum Gasteiger partial charge on any atom is 0.326 e. The van der Waals surface area contributed by atoms with Crippen LogP contribution in [0.2, 0.25) is 10.0 Å². The Bertz CT molecular complexity index is 1290. The van der Waals surface area contributed by atoms with Gasteiger partial charge in [0.2, 0.25) is 0 Å². The third-order valence-corrected chi connectivity index (χ3v) is 6.25. The van der Waals surface area contributed by atoms with Crippen molar-refractivity contribution >= 4 is 35.1 Å². The first-order chi connectivity index (χ1) is 16.7. The Kier molecular flexibility index (Phi) is 7.23. The van der Waals surface area contributed by atoms with Crippen molar-refractivity contribution in [3.05, 3.63) is 86.7 Å². The van der Waals surface area contributed by atoms with Gasteiger partial charge >= 0.3 is 5.97 Å². The molecule has 0 spiro atoms. The minimum absolute atomic E-state index is 0.109. The Morgan fingerprint density at radius 3 is 2.34 bits per heavy atom. The summed E-state index contributed by atoms with van der Waals surface area (Å²) in [6.07, 6.45) is 1.02. The van der Waals surface area contributed by atoms with Gasteiger partial charge in [-0.05, 0) is 48.2 Å². The van der Waals surface area contributed by atoms with E-state index in [2.05, 4.69) is 5.32 Å². The lowest BCUT2D eigenvalue weighted by molar-refractivity contribution is -0.139. The first-order valence-electron chi connectivity index (χ1n) is 10.6. The number of rotatable bonds is 6. The van der Waals surface area contributed by atoms with Crippen molar-refractivity contribution in [1.82, 2.24) is 5.32 Å². The fourth-order valence-electron chi connectivity index (χ4n) is 4.09. The minimum atomic E-state index is -1.50. The molecule has 0 saturated heterocycles. The van der Waals surface area contributed by atoms with Crippen molar-refractivity contribution in [3.8, 4) is 16.9 Å². The lowest BCUT2D eigenvalue weighted by Crippen LogP contribution is -2.43. The number of aliphatic carboxylic acids is 1. The molecule has 5 nitrogen and oxygen atoms in total. The van der Waals surface area contributed by atoms with E-state index in [1.807, 2.05) is 0 Å². The van der Waals surface area contributed by atoms with Gasteiger partial charge in [-0.15, -0.1) is 0 Å². The molecule has 3 aromatic carbocycles. The van der Waals surface area contributed by atoms with E-state index in [0.717, 1.165) is 30.3 Å². The van der Waals surface area contributed by atoms with Gasteiger partial charge in [0.15, 0.2) is 0 Å². The average Bonchev–Trinajstić information content (AvgIpc) is 2.79. The number of halogens is 5. The number of nitrogens with one attached hydrogen (secondary N) is 1. The maximum absolute atomic E-state index is 14.0. The van der Waals surface area contributed by atoms with Gasteiger partial charge in [-0.25, -0.2) is 18.0 Å². The van der Waals surface area contributed by atoms with E-state index in [9.17, 15) is 27.9 Å². The van der Waals surface area contributed by atoms with Crippen LogP contribution in [0.3, 0.4) is 0 Å². The molecule has 182 valence electrons. The molecule has 1 aliphatic heterocycles. The van der Waals surface area contributed by atoms with Crippen LogP contribution in [-0.4, -0.2) is 29.6 Å². The summed E-state index contributed by atoms with van der Waals surface area (Å²) in [4.78, 5) is 24.4. The summed E-state index contributed by atoms with van der Waals surface area (Å²) in [5, 5.41) is 12.1. The predicted octanol–water partition coefficient (Wildman–Crippen LogP) is 5.83. The highest BCUT2D eigenvalue weighted by Gasteiger charge is 2.28. The molecule has 0 saturated carbocycles. The first kappa shape index (κ1) is 24.9. The van der Waals surface area contributed by atoms with Crippen LogP contribution >= 0.6 is 23.2 Å². The van der Waals surface area contributed by atoms with Gasteiger partial charge in [-0.3, -0.25) is 4.79 Å². The summed E-state index contributed by atoms with van der Waals surface area (Å²) in [5.74, 6) is -4.98. The normalized spacial score (nSPS) is 13.5. The van der Waals surface area contributed by atoms with Gasteiger partial charge in [0.25, 0.3) is 5.91 Å². The molecule has 2 N–H and O–H groups in total. The Hall–Kier alpha value is -3.23. The van der Waals surface area contributed by atoms with E-state index in [1.54, 1.807) is 12.1 Å². The van der Waals surface area contributed by atoms with Crippen molar-refractivity contribution < 1.29 is 32.6 Å². The monoisotopic (exact) mass is 523 g/mol. The van der Waals surface area contributed by atoms with E-state index >= 15 is 0 Å². The fraction of sp³-hybridized carbons (Fsp3) is 0.200.